The minimum atomic E-state index is -0.665. The van der Waals surface area contributed by atoms with Gasteiger partial charge in [-0.15, -0.1) is 0 Å². The number of fused-ring (bicyclic) bond motifs is 1. The molecule has 0 amide bonds. The summed E-state index contributed by atoms with van der Waals surface area (Å²) in [6.07, 6.45) is 12.8. The summed E-state index contributed by atoms with van der Waals surface area (Å²) in [4.78, 5) is 12.6. The molecule has 3 rings (SSSR count). The van der Waals surface area contributed by atoms with Gasteiger partial charge in [0.15, 0.2) is 0 Å². The Morgan fingerprint density at radius 1 is 1.26 bits per heavy atom. The highest BCUT2D eigenvalue weighted by Gasteiger charge is 2.46. The molecule has 3 aliphatic rings. The normalized spacial score (nSPS) is 32.5. The van der Waals surface area contributed by atoms with Gasteiger partial charge < -0.3 is 19.7 Å². The predicted octanol–water partition coefficient (Wildman–Crippen LogP) is 5.96. The van der Waals surface area contributed by atoms with Crippen LogP contribution in [0.4, 0.5) is 0 Å². The second kappa shape index (κ2) is 11.6. The predicted molar refractivity (Wildman–Crippen MR) is 140 cm³/mol. The van der Waals surface area contributed by atoms with Gasteiger partial charge in [-0.2, -0.15) is 0 Å². The number of carbonyl (C=O) groups excluding carboxylic acids is 1. The van der Waals surface area contributed by atoms with Crippen LogP contribution in [0.25, 0.3) is 0 Å². The second-order valence-electron chi connectivity index (χ2n) is 11.0. The first-order valence-electron chi connectivity index (χ1n) is 13.6. The van der Waals surface area contributed by atoms with Crippen LogP contribution in [0.15, 0.2) is 47.1 Å². The van der Waals surface area contributed by atoms with Gasteiger partial charge in [0.1, 0.15) is 12.2 Å². The van der Waals surface area contributed by atoms with Gasteiger partial charge in [-0.1, -0.05) is 58.1 Å². The molecule has 5 nitrogen and oxygen atoms in total. The monoisotopic (exact) mass is 486 g/mol. The van der Waals surface area contributed by atoms with E-state index in [1.54, 1.807) is 0 Å². The SMILES string of the molecule is C=C1/C(=C\C=C2/CCC[C@]3(C)C(C(C)OCC(=O)OC(CC)(CC)CC)=CC[C@@H]23)C[C@@H](O)C[C@@H]1O. The van der Waals surface area contributed by atoms with Gasteiger partial charge in [0.05, 0.1) is 18.3 Å². The van der Waals surface area contributed by atoms with E-state index in [1.807, 2.05) is 6.92 Å². The molecule has 1 unspecified atom stereocenters. The average molecular weight is 487 g/mol. The van der Waals surface area contributed by atoms with E-state index in [9.17, 15) is 15.0 Å². The molecule has 0 radical (unpaired) electrons. The number of carbonyl (C=O) groups is 1. The van der Waals surface area contributed by atoms with Crippen molar-refractivity contribution in [3.8, 4) is 0 Å². The van der Waals surface area contributed by atoms with Crippen molar-refractivity contribution >= 4 is 5.97 Å². The summed E-state index contributed by atoms with van der Waals surface area (Å²) in [6.45, 7) is 14.6. The van der Waals surface area contributed by atoms with Crippen molar-refractivity contribution < 1.29 is 24.5 Å². The van der Waals surface area contributed by atoms with E-state index in [2.05, 4.69) is 52.5 Å². The molecule has 0 bridgehead atoms. The van der Waals surface area contributed by atoms with Crippen molar-refractivity contribution in [3.05, 3.63) is 47.1 Å². The zero-order valence-electron chi connectivity index (χ0n) is 22.4. The van der Waals surface area contributed by atoms with Crippen LogP contribution in [0.2, 0.25) is 0 Å². The summed E-state index contributed by atoms with van der Waals surface area (Å²) >= 11 is 0. The largest absolute Gasteiger partial charge is 0.457 e. The van der Waals surface area contributed by atoms with E-state index >= 15 is 0 Å². The summed E-state index contributed by atoms with van der Waals surface area (Å²) in [7, 11) is 0. The summed E-state index contributed by atoms with van der Waals surface area (Å²) in [5.74, 6) is 0.122. The van der Waals surface area contributed by atoms with Crippen molar-refractivity contribution in [2.24, 2.45) is 11.3 Å². The Kier molecular flexibility index (Phi) is 9.22. The fourth-order valence-corrected chi connectivity index (χ4v) is 6.47. The van der Waals surface area contributed by atoms with Crippen molar-refractivity contribution in [3.63, 3.8) is 0 Å². The van der Waals surface area contributed by atoms with Gasteiger partial charge in [-0.25, -0.2) is 4.79 Å². The van der Waals surface area contributed by atoms with Crippen LogP contribution in [-0.2, 0) is 14.3 Å². The molecule has 5 heteroatoms. The molecule has 0 aromatic carbocycles. The van der Waals surface area contributed by atoms with Gasteiger partial charge >= 0.3 is 5.97 Å². The Morgan fingerprint density at radius 3 is 2.60 bits per heavy atom. The lowest BCUT2D eigenvalue weighted by molar-refractivity contribution is -0.167. The second-order valence-corrected chi connectivity index (χ2v) is 11.0. The molecule has 0 aliphatic heterocycles. The first-order chi connectivity index (χ1) is 16.6. The number of aliphatic hydroxyl groups is 2. The van der Waals surface area contributed by atoms with Gasteiger partial charge in [-0.05, 0) is 86.3 Å². The van der Waals surface area contributed by atoms with E-state index in [-0.39, 0.29) is 29.7 Å². The molecule has 0 saturated heterocycles. The highest BCUT2D eigenvalue weighted by Crippen LogP contribution is 2.55. The zero-order chi connectivity index (χ0) is 25.8. The number of esters is 1. The Labute approximate surface area is 212 Å². The zero-order valence-corrected chi connectivity index (χ0v) is 22.4. The van der Waals surface area contributed by atoms with Crippen molar-refractivity contribution in [2.75, 3.05) is 6.61 Å². The van der Waals surface area contributed by atoms with Crippen LogP contribution in [-0.4, -0.2) is 46.7 Å². The molecule has 35 heavy (non-hydrogen) atoms. The van der Waals surface area contributed by atoms with Gasteiger partial charge in [0.2, 0.25) is 0 Å². The van der Waals surface area contributed by atoms with Crippen LogP contribution in [0, 0.1) is 11.3 Å². The molecule has 0 aromatic heterocycles. The molecule has 0 spiro atoms. The van der Waals surface area contributed by atoms with Gasteiger partial charge in [-0.3, -0.25) is 0 Å². The fourth-order valence-electron chi connectivity index (χ4n) is 6.47. The van der Waals surface area contributed by atoms with Crippen LogP contribution in [0.1, 0.15) is 92.4 Å². The molecule has 3 aliphatic carbocycles. The topological polar surface area (TPSA) is 76.0 Å². The number of hydrogen-bond donors (Lipinski definition) is 2. The average Bonchev–Trinajstić information content (AvgIpc) is 3.20. The van der Waals surface area contributed by atoms with E-state index in [1.165, 1.54) is 11.1 Å². The Morgan fingerprint density at radius 2 is 1.94 bits per heavy atom. The summed E-state index contributed by atoms with van der Waals surface area (Å²) in [5, 5.41) is 20.2. The number of ether oxygens (including phenoxy) is 2. The van der Waals surface area contributed by atoms with Gasteiger partial charge in [0, 0.05) is 6.42 Å². The Balaban J connectivity index is 1.66. The number of aliphatic hydroxyl groups excluding tert-OH is 2. The lowest BCUT2D eigenvalue weighted by atomic mass is 9.63. The quantitative estimate of drug-likeness (QED) is 0.310. The van der Waals surface area contributed by atoms with Crippen LogP contribution >= 0.6 is 0 Å². The molecule has 0 aromatic rings. The maximum Gasteiger partial charge on any atom is 0.332 e. The maximum atomic E-state index is 12.6. The maximum absolute atomic E-state index is 12.6. The third-order valence-corrected chi connectivity index (χ3v) is 9.03. The molecule has 2 fully saturated rings. The highest BCUT2D eigenvalue weighted by atomic mass is 16.6. The summed E-state index contributed by atoms with van der Waals surface area (Å²) in [6, 6.07) is 0. The summed E-state index contributed by atoms with van der Waals surface area (Å²) in [5.41, 5.74) is 3.98. The van der Waals surface area contributed by atoms with Gasteiger partial charge in [0.25, 0.3) is 0 Å². The highest BCUT2D eigenvalue weighted by molar-refractivity contribution is 5.71. The third-order valence-electron chi connectivity index (χ3n) is 9.03. The molecule has 5 atom stereocenters. The standard InChI is InChI=1S/C30H46O5/c1-7-30(8-2,9-3)35-28(33)19-34-21(5)25-14-15-26-22(11-10-16-29(25,26)6)12-13-23-17-24(31)18-27(32)20(23)4/h12-14,21,24,26-27,31-32H,4,7-11,15-19H2,1-3,5-6H3/b22-12+,23-13-/t21?,24-,26+,27+,29-/m1/s1. The van der Waals surface area contributed by atoms with Crippen molar-refractivity contribution in [1.29, 1.82) is 0 Å². The van der Waals surface area contributed by atoms with E-state index in [0.717, 1.165) is 56.1 Å². The third kappa shape index (κ3) is 6.00. The van der Waals surface area contributed by atoms with Crippen molar-refractivity contribution in [2.45, 2.75) is 116 Å². The smallest absolute Gasteiger partial charge is 0.332 e. The van der Waals surface area contributed by atoms with E-state index in [4.69, 9.17) is 9.47 Å². The van der Waals surface area contributed by atoms with E-state index < -0.39 is 12.2 Å². The minimum absolute atomic E-state index is 0.00846. The number of allylic oxidation sites excluding steroid dienone is 4. The molecule has 0 heterocycles. The van der Waals surface area contributed by atoms with Crippen LogP contribution < -0.4 is 0 Å². The number of hydrogen-bond acceptors (Lipinski definition) is 5. The van der Waals surface area contributed by atoms with Crippen molar-refractivity contribution in [1.82, 2.24) is 0 Å². The molecule has 2 saturated carbocycles. The Bertz CT molecular complexity index is 869. The number of rotatable bonds is 9. The van der Waals surface area contributed by atoms with Crippen LogP contribution in [0.5, 0.6) is 0 Å². The Hall–Kier alpha value is -1.69. The lowest BCUT2D eigenvalue weighted by Crippen LogP contribution is -2.37. The lowest BCUT2D eigenvalue weighted by Gasteiger charge is -2.42. The minimum Gasteiger partial charge on any atom is -0.457 e. The molecule has 2 N–H and O–H groups in total. The fraction of sp³-hybridized carbons (Fsp3) is 0.700. The summed E-state index contributed by atoms with van der Waals surface area (Å²) < 4.78 is 11.9. The molecular formula is C30H46O5. The van der Waals surface area contributed by atoms with Crippen LogP contribution in [0.3, 0.4) is 0 Å². The molecular weight excluding hydrogens is 440 g/mol. The first-order valence-corrected chi connectivity index (χ1v) is 13.6. The molecule has 196 valence electrons. The van der Waals surface area contributed by atoms with E-state index in [0.29, 0.717) is 18.8 Å². The first kappa shape index (κ1) is 27.9.